The number of nitrogens with two attached hydrogens (primary N) is 1. The van der Waals surface area contributed by atoms with Crippen LogP contribution in [0, 0.1) is 6.92 Å². The first-order chi connectivity index (χ1) is 10.3. The molecular formula is C12H14N6OS2. The van der Waals surface area contributed by atoms with Crippen molar-refractivity contribution in [3.05, 3.63) is 29.2 Å². The van der Waals surface area contributed by atoms with E-state index in [0.717, 1.165) is 15.9 Å². The maximum absolute atomic E-state index is 5.60. The smallest absolute Gasteiger partial charge is 0.268 e. The number of nitrogens with zero attached hydrogens (tertiary/aromatic N) is 5. The van der Waals surface area contributed by atoms with Crippen molar-refractivity contribution in [3.8, 4) is 10.8 Å². The van der Waals surface area contributed by atoms with Crippen LogP contribution < -0.4 is 5.73 Å². The van der Waals surface area contributed by atoms with E-state index in [0.29, 0.717) is 30.6 Å². The zero-order valence-electron chi connectivity index (χ0n) is 11.4. The van der Waals surface area contributed by atoms with Crippen LogP contribution in [0.4, 0.5) is 0 Å². The molecule has 0 amide bonds. The van der Waals surface area contributed by atoms with Crippen LogP contribution in [-0.4, -0.2) is 31.4 Å². The molecule has 3 aromatic heterocycles. The molecule has 0 aliphatic carbocycles. The van der Waals surface area contributed by atoms with Gasteiger partial charge in [-0.1, -0.05) is 23.0 Å². The molecule has 0 fully saturated rings. The number of aromatic nitrogens is 5. The van der Waals surface area contributed by atoms with Gasteiger partial charge in [0.15, 0.2) is 11.0 Å². The van der Waals surface area contributed by atoms with Crippen molar-refractivity contribution in [2.45, 2.75) is 24.4 Å². The van der Waals surface area contributed by atoms with Crippen molar-refractivity contribution in [1.82, 2.24) is 24.9 Å². The van der Waals surface area contributed by atoms with E-state index in [1.165, 1.54) is 11.8 Å². The standard InChI is InChI=1S/C12H14N6OS2/c1-8-15-16-12(18(8)5-4-13)21-7-10-14-11(19-17-10)9-3-2-6-20-9/h2-3,6H,4-5,7,13H2,1H3. The zero-order chi connectivity index (χ0) is 14.7. The summed E-state index contributed by atoms with van der Waals surface area (Å²) in [6, 6.07) is 3.91. The monoisotopic (exact) mass is 322 g/mol. The van der Waals surface area contributed by atoms with E-state index in [9.17, 15) is 0 Å². The minimum Gasteiger partial charge on any atom is -0.333 e. The van der Waals surface area contributed by atoms with Crippen LogP contribution in [0.15, 0.2) is 27.2 Å². The number of thioether (sulfide) groups is 1. The molecule has 110 valence electrons. The van der Waals surface area contributed by atoms with E-state index in [-0.39, 0.29) is 0 Å². The molecule has 3 rings (SSSR count). The van der Waals surface area contributed by atoms with Crippen molar-refractivity contribution in [1.29, 1.82) is 0 Å². The molecule has 0 aliphatic heterocycles. The third-order valence-electron chi connectivity index (χ3n) is 2.78. The van der Waals surface area contributed by atoms with Crippen LogP contribution in [0.5, 0.6) is 0 Å². The second kappa shape index (κ2) is 6.37. The van der Waals surface area contributed by atoms with E-state index in [1.807, 2.05) is 29.0 Å². The Morgan fingerprint density at radius 1 is 1.43 bits per heavy atom. The highest BCUT2D eigenvalue weighted by atomic mass is 32.2. The minimum absolute atomic E-state index is 0.553. The van der Waals surface area contributed by atoms with Gasteiger partial charge in [0.05, 0.1) is 10.6 Å². The predicted octanol–water partition coefficient (Wildman–Crippen LogP) is 1.95. The first kappa shape index (κ1) is 14.2. The Morgan fingerprint density at radius 2 is 2.33 bits per heavy atom. The molecule has 0 aliphatic rings. The molecule has 0 unspecified atom stereocenters. The molecule has 9 heteroatoms. The maximum atomic E-state index is 5.60. The summed E-state index contributed by atoms with van der Waals surface area (Å²) in [5, 5.41) is 15.0. The van der Waals surface area contributed by atoms with Gasteiger partial charge in [-0.15, -0.1) is 21.5 Å². The highest BCUT2D eigenvalue weighted by Crippen LogP contribution is 2.25. The number of hydrogen-bond acceptors (Lipinski definition) is 8. The zero-order valence-corrected chi connectivity index (χ0v) is 13.0. The third-order valence-corrected chi connectivity index (χ3v) is 4.61. The van der Waals surface area contributed by atoms with Crippen LogP contribution in [0.3, 0.4) is 0 Å². The molecule has 0 radical (unpaired) electrons. The van der Waals surface area contributed by atoms with E-state index in [4.69, 9.17) is 10.3 Å². The third kappa shape index (κ3) is 3.14. The maximum Gasteiger partial charge on any atom is 0.268 e. The summed E-state index contributed by atoms with van der Waals surface area (Å²) < 4.78 is 7.24. The van der Waals surface area contributed by atoms with Gasteiger partial charge in [-0.05, 0) is 18.4 Å². The second-order valence-corrected chi connectivity index (χ2v) is 6.14. The Hall–Kier alpha value is -1.71. The molecule has 0 saturated heterocycles. The van der Waals surface area contributed by atoms with Gasteiger partial charge in [-0.3, -0.25) is 0 Å². The molecule has 0 atom stereocenters. The van der Waals surface area contributed by atoms with E-state index in [1.54, 1.807) is 11.3 Å². The van der Waals surface area contributed by atoms with Crippen LogP contribution in [0.2, 0.25) is 0 Å². The normalized spacial score (nSPS) is 11.1. The number of thiophene rings is 1. The van der Waals surface area contributed by atoms with Crippen molar-refractivity contribution in [3.63, 3.8) is 0 Å². The molecule has 2 N–H and O–H groups in total. The second-order valence-electron chi connectivity index (χ2n) is 4.25. The topological polar surface area (TPSA) is 95.6 Å². The fourth-order valence-electron chi connectivity index (χ4n) is 1.80. The molecule has 0 bridgehead atoms. The summed E-state index contributed by atoms with van der Waals surface area (Å²) in [5.74, 6) is 2.64. The van der Waals surface area contributed by atoms with Gasteiger partial charge in [0.2, 0.25) is 0 Å². The van der Waals surface area contributed by atoms with Crippen molar-refractivity contribution in [2.24, 2.45) is 5.73 Å². The molecule has 0 saturated carbocycles. The molecule has 7 nitrogen and oxygen atoms in total. The number of rotatable bonds is 6. The summed E-state index contributed by atoms with van der Waals surface area (Å²) >= 11 is 3.10. The van der Waals surface area contributed by atoms with E-state index < -0.39 is 0 Å². The number of aryl methyl sites for hydroxylation is 1. The van der Waals surface area contributed by atoms with Crippen LogP contribution >= 0.6 is 23.1 Å². The van der Waals surface area contributed by atoms with Crippen molar-refractivity contribution < 1.29 is 4.52 Å². The van der Waals surface area contributed by atoms with Gasteiger partial charge >= 0.3 is 0 Å². The molecule has 3 heterocycles. The van der Waals surface area contributed by atoms with Gasteiger partial charge in [0.25, 0.3) is 5.89 Å². The Balaban J connectivity index is 1.68. The lowest BCUT2D eigenvalue weighted by Crippen LogP contribution is -2.12. The van der Waals surface area contributed by atoms with Gasteiger partial charge in [0.1, 0.15) is 5.82 Å². The molecule has 0 aromatic carbocycles. The van der Waals surface area contributed by atoms with Crippen LogP contribution in [-0.2, 0) is 12.3 Å². The van der Waals surface area contributed by atoms with Gasteiger partial charge < -0.3 is 14.8 Å². The van der Waals surface area contributed by atoms with Gasteiger partial charge in [-0.25, -0.2) is 0 Å². The van der Waals surface area contributed by atoms with Crippen molar-refractivity contribution >= 4 is 23.1 Å². The predicted molar refractivity (Wildman–Crippen MR) is 81.0 cm³/mol. The molecule has 0 spiro atoms. The Bertz CT molecular complexity index is 705. The van der Waals surface area contributed by atoms with Crippen molar-refractivity contribution in [2.75, 3.05) is 6.54 Å². The largest absolute Gasteiger partial charge is 0.333 e. The average molecular weight is 322 g/mol. The van der Waals surface area contributed by atoms with Crippen LogP contribution in [0.25, 0.3) is 10.8 Å². The Labute approximate surface area is 129 Å². The summed E-state index contributed by atoms with van der Waals surface area (Å²) in [5.41, 5.74) is 5.60. The number of hydrogen-bond donors (Lipinski definition) is 1. The minimum atomic E-state index is 0.553. The summed E-state index contributed by atoms with van der Waals surface area (Å²) in [6.07, 6.45) is 0. The highest BCUT2D eigenvalue weighted by Gasteiger charge is 2.13. The van der Waals surface area contributed by atoms with E-state index in [2.05, 4.69) is 20.3 Å². The fourth-order valence-corrected chi connectivity index (χ4v) is 3.29. The first-order valence-corrected chi connectivity index (χ1v) is 8.23. The Morgan fingerprint density at radius 3 is 3.10 bits per heavy atom. The molecular weight excluding hydrogens is 308 g/mol. The highest BCUT2D eigenvalue weighted by molar-refractivity contribution is 7.98. The van der Waals surface area contributed by atoms with E-state index >= 15 is 0 Å². The Kier molecular flexibility index (Phi) is 4.32. The van der Waals surface area contributed by atoms with Gasteiger partial charge in [-0.2, -0.15) is 4.98 Å². The van der Waals surface area contributed by atoms with Gasteiger partial charge in [0, 0.05) is 13.1 Å². The lowest BCUT2D eigenvalue weighted by atomic mass is 10.5. The van der Waals surface area contributed by atoms with Crippen LogP contribution in [0.1, 0.15) is 11.6 Å². The lowest BCUT2D eigenvalue weighted by molar-refractivity contribution is 0.426. The fraction of sp³-hybridized carbons (Fsp3) is 0.333. The lowest BCUT2D eigenvalue weighted by Gasteiger charge is -2.04. The summed E-state index contributed by atoms with van der Waals surface area (Å²) in [6.45, 7) is 3.17. The quantitative estimate of drug-likeness (QED) is 0.693. The average Bonchev–Trinajstić information content (AvgIpc) is 3.19. The molecule has 21 heavy (non-hydrogen) atoms. The molecule has 3 aromatic rings. The SMILES string of the molecule is Cc1nnc(SCc2noc(-c3cccs3)n2)n1CCN. The summed E-state index contributed by atoms with van der Waals surface area (Å²) in [7, 11) is 0. The first-order valence-electron chi connectivity index (χ1n) is 6.37. The summed E-state index contributed by atoms with van der Waals surface area (Å²) in [4.78, 5) is 5.35.